The molecule has 1 saturated carbocycles. The molecular formula is C18H28N2O3. The monoisotopic (exact) mass is 320 g/mol. The lowest BCUT2D eigenvalue weighted by molar-refractivity contribution is 0.112. The van der Waals surface area contributed by atoms with Gasteiger partial charge in [-0.25, -0.2) is 4.79 Å². The number of nitrogens with zero attached hydrogens (tertiary/aromatic N) is 1. The highest BCUT2D eigenvalue weighted by atomic mass is 16.3. The molecule has 1 aliphatic carbocycles. The third-order valence-corrected chi connectivity index (χ3v) is 5.13. The molecule has 1 aromatic heterocycles. The molecule has 1 unspecified atom stereocenters. The summed E-state index contributed by atoms with van der Waals surface area (Å²) in [5.41, 5.74) is 0. The summed E-state index contributed by atoms with van der Waals surface area (Å²) in [6.07, 6.45) is 7.41. The minimum absolute atomic E-state index is 0.0207. The molecule has 0 radical (unpaired) electrons. The van der Waals surface area contributed by atoms with Gasteiger partial charge in [-0.05, 0) is 57.6 Å². The van der Waals surface area contributed by atoms with Gasteiger partial charge in [-0.2, -0.15) is 0 Å². The molecule has 2 N–H and O–H groups in total. The fourth-order valence-electron chi connectivity index (χ4n) is 3.76. The van der Waals surface area contributed by atoms with Crippen LogP contribution >= 0.6 is 0 Å². The van der Waals surface area contributed by atoms with E-state index in [9.17, 15) is 9.90 Å². The molecule has 2 fully saturated rings. The lowest BCUT2D eigenvalue weighted by Gasteiger charge is -2.32. The Kier molecular flexibility index (Phi) is 5.26. The predicted molar refractivity (Wildman–Crippen MR) is 88.2 cm³/mol. The zero-order chi connectivity index (χ0) is 16.2. The Balaban J connectivity index is 1.67. The molecule has 5 nitrogen and oxygen atoms in total. The largest absolute Gasteiger partial charge is 0.464 e. The van der Waals surface area contributed by atoms with Crippen molar-refractivity contribution in [1.29, 1.82) is 0 Å². The lowest BCUT2D eigenvalue weighted by atomic mass is 9.93. The first kappa shape index (κ1) is 16.4. The lowest BCUT2D eigenvalue weighted by Crippen LogP contribution is -2.47. The van der Waals surface area contributed by atoms with Gasteiger partial charge in [0, 0.05) is 12.6 Å². The number of urea groups is 1. The van der Waals surface area contributed by atoms with E-state index >= 15 is 0 Å². The summed E-state index contributed by atoms with van der Waals surface area (Å²) in [6.45, 7) is 2.73. The van der Waals surface area contributed by atoms with Crippen molar-refractivity contribution in [3.8, 4) is 0 Å². The van der Waals surface area contributed by atoms with E-state index in [0.717, 1.165) is 69.4 Å². The minimum atomic E-state index is -0.194. The summed E-state index contributed by atoms with van der Waals surface area (Å²) in [5, 5.41) is 12.8. The van der Waals surface area contributed by atoms with Gasteiger partial charge >= 0.3 is 6.03 Å². The van der Waals surface area contributed by atoms with E-state index in [4.69, 9.17) is 4.42 Å². The highest BCUT2D eigenvalue weighted by Crippen LogP contribution is 2.31. The van der Waals surface area contributed by atoms with E-state index in [1.165, 1.54) is 0 Å². The average Bonchev–Trinajstić information content (AvgIpc) is 2.82. The number of carbonyl (C=O) groups is 1. The summed E-state index contributed by atoms with van der Waals surface area (Å²) in [5.74, 6) is 1.80. The van der Waals surface area contributed by atoms with E-state index in [1.807, 2.05) is 24.0 Å². The van der Waals surface area contributed by atoms with Crippen LogP contribution in [-0.2, 0) is 0 Å². The normalized spacial score (nSPS) is 29.1. The quantitative estimate of drug-likeness (QED) is 0.876. The van der Waals surface area contributed by atoms with E-state index in [-0.39, 0.29) is 24.2 Å². The highest BCUT2D eigenvalue weighted by Gasteiger charge is 2.30. The molecule has 2 aliphatic rings. The molecule has 0 bridgehead atoms. The minimum Gasteiger partial charge on any atom is -0.464 e. The standard InChI is InChI=1S/C18H28N2O3/c1-13-6-11-17(23-13)16-5-3-2-4-12-20(16)18(22)19-14-7-9-15(21)10-8-14/h6,11,14-16,21H,2-5,7-10,12H2,1H3,(H,19,22). The van der Waals surface area contributed by atoms with Crippen molar-refractivity contribution in [3.05, 3.63) is 23.7 Å². The molecule has 128 valence electrons. The van der Waals surface area contributed by atoms with Crippen LogP contribution in [0.1, 0.15) is 68.9 Å². The van der Waals surface area contributed by atoms with Gasteiger partial charge in [0.15, 0.2) is 0 Å². The molecule has 2 heterocycles. The van der Waals surface area contributed by atoms with Crippen molar-refractivity contribution in [2.75, 3.05) is 6.54 Å². The Morgan fingerprint density at radius 1 is 1.17 bits per heavy atom. The second kappa shape index (κ2) is 7.39. The maximum atomic E-state index is 12.8. The third kappa shape index (κ3) is 4.08. The van der Waals surface area contributed by atoms with Crippen LogP contribution in [0.3, 0.4) is 0 Å². The van der Waals surface area contributed by atoms with Crippen LogP contribution in [0.15, 0.2) is 16.5 Å². The van der Waals surface area contributed by atoms with E-state index in [1.54, 1.807) is 0 Å². The number of rotatable bonds is 2. The zero-order valence-electron chi connectivity index (χ0n) is 14.0. The Bertz CT molecular complexity index is 520. The van der Waals surface area contributed by atoms with Gasteiger partial charge in [0.2, 0.25) is 0 Å². The van der Waals surface area contributed by atoms with Crippen LogP contribution < -0.4 is 5.32 Å². The van der Waals surface area contributed by atoms with E-state index < -0.39 is 0 Å². The molecule has 1 aromatic rings. The number of hydrogen-bond donors (Lipinski definition) is 2. The van der Waals surface area contributed by atoms with Crippen LogP contribution in [0.4, 0.5) is 4.79 Å². The Morgan fingerprint density at radius 3 is 2.65 bits per heavy atom. The molecule has 3 rings (SSSR count). The van der Waals surface area contributed by atoms with Crippen molar-refractivity contribution in [2.45, 2.75) is 76.5 Å². The number of carbonyl (C=O) groups excluding carboxylic acids is 1. The summed E-state index contributed by atoms with van der Waals surface area (Å²) in [7, 11) is 0. The van der Waals surface area contributed by atoms with Crippen molar-refractivity contribution >= 4 is 6.03 Å². The van der Waals surface area contributed by atoms with E-state index in [2.05, 4.69) is 5.32 Å². The van der Waals surface area contributed by atoms with Gasteiger partial charge in [0.05, 0.1) is 12.1 Å². The van der Waals surface area contributed by atoms with E-state index in [0.29, 0.717) is 0 Å². The molecule has 2 amide bonds. The van der Waals surface area contributed by atoms with Crippen LogP contribution in [-0.4, -0.2) is 34.7 Å². The molecule has 5 heteroatoms. The van der Waals surface area contributed by atoms with Crippen molar-refractivity contribution < 1.29 is 14.3 Å². The average molecular weight is 320 g/mol. The maximum Gasteiger partial charge on any atom is 0.318 e. The number of aryl methyl sites for hydroxylation is 1. The first-order valence-corrected chi connectivity index (χ1v) is 8.95. The summed E-state index contributed by atoms with van der Waals surface area (Å²) < 4.78 is 5.81. The smallest absolute Gasteiger partial charge is 0.318 e. The van der Waals surface area contributed by atoms with Crippen LogP contribution in [0.2, 0.25) is 0 Å². The van der Waals surface area contributed by atoms with Crippen LogP contribution in [0.25, 0.3) is 0 Å². The summed E-state index contributed by atoms with van der Waals surface area (Å²) in [6, 6.07) is 4.22. The number of hydrogen-bond acceptors (Lipinski definition) is 3. The Morgan fingerprint density at radius 2 is 1.96 bits per heavy atom. The summed E-state index contributed by atoms with van der Waals surface area (Å²) in [4.78, 5) is 14.8. The second-order valence-corrected chi connectivity index (χ2v) is 6.96. The zero-order valence-corrected chi connectivity index (χ0v) is 14.0. The first-order valence-electron chi connectivity index (χ1n) is 8.95. The number of furan rings is 1. The topological polar surface area (TPSA) is 65.7 Å². The third-order valence-electron chi connectivity index (χ3n) is 5.13. The second-order valence-electron chi connectivity index (χ2n) is 6.96. The highest BCUT2D eigenvalue weighted by molar-refractivity contribution is 5.75. The SMILES string of the molecule is Cc1ccc(C2CCCCCN2C(=O)NC2CCC(O)CC2)o1. The predicted octanol–water partition coefficient (Wildman–Crippen LogP) is 3.52. The fourth-order valence-corrected chi connectivity index (χ4v) is 3.76. The molecule has 1 saturated heterocycles. The number of nitrogens with one attached hydrogen (secondary N) is 1. The number of likely N-dealkylation sites (tertiary alicyclic amines) is 1. The number of aliphatic hydroxyl groups excluding tert-OH is 1. The van der Waals surface area contributed by atoms with Gasteiger partial charge in [0.1, 0.15) is 11.5 Å². The maximum absolute atomic E-state index is 12.8. The van der Waals surface area contributed by atoms with Crippen LogP contribution in [0.5, 0.6) is 0 Å². The molecule has 23 heavy (non-hydrogen) atoms. The molecule has 0 aromatic carbocycles. The molecule has 1 aliphatic heterocycles. The van der Waals surface area contributed by atoms with Crippen LogP contribution in [0, 0.1) is 6.92 Å². The Hall–Kier alpha value is -1.49. The molecule has 1 atom stereocenters. The van der Waals surface area contributed by atoms with Gasteiger partial charge in [-0.1, -0.05) is 12.8 Å². The van der Waals surface area contributed by atoms with Crippen molar-refractivity contribution in [3.63, 3.8) is 0 Å². The Labute approximate surface area is 138 Å². The van der Waals surface area contributed by atoms with Gasteiger partial charge < -0.3 is 19.7 Å². The fraction of sp³-hybridized carbons (Fsp3) is 0.722. The first-order chi connectivity index (χ1) is 11.1. The number of amides is 2. The van der Waals surface area contributed by atoms with Gasteiger partial charge in [0.25, 0.3) is 0 Å². The van der Waals surface area contributed by atoms with Gasteiger partial charge in [-0.15, -0.1) is 0 Å². The molecular weight excluding hydrogens is 292 g/mol. The summed E-state index contributed by atoms with van der Waals surface area (Å²) >= 11 is 0. The number of aliphatic hydroxyl groups is 1. The van der Waals surface area contributed by atoms with Gasteiger partial charge in [-0.3, -0.25) is 0 Å². The van der Waals surface area contributed by atoms with Crippen molar-refractivity contribution in [2.24, 2.45) is 0 Å². The molecule has 0 spiro atoms. The van der Waals surface area contributed by atoms with Crippen molar-refractivity contribution in [1.82, 2.24) is 10.2 Å².